The molecule has 0 spiro atoms. The summed E-state index contributed by atoms with van der Waals surface area (Å²) in [4.78, 5) is 2.61. The molecule has 17 heavy (non-hydrogen) atoms. The second-order valence-electron chi connectivity index (χ2n) is 6.67. The Morgan fingerprint density at radius 1 is 1.24 bits per heavy atom. The number of nitrogens with one attached hydrogen (secondary N) is 1. The molecule has 2 bridgehead atoms. The fraction of sp³-hybridized carbons (Fsp3) is 1.00. The Labute approximate surface area is 105 Å². The summed E-state index contributed by atoms with van der Waals surface area (Å²) in [6.07, 6.45) is 6.82. The molecule has 3 saturated heterocycles. The molecular formula is C14H27N3. The third kappa shape index (κ3) is 2.13. The molecule has 3 atom stereocenters. The minimum absolute atomic E-state index is 0.241. The quantitative estimate of drug-likeness (QED) is 0.775. The van der Waals surface area contributed by atoms with E-state index in [0.717, 1.165) is 24.4 Å². The maximum Gasteiger partial charge on any atom is 0.0464 e. The minimum Gasteiger partial charge on any atom is -0.329 e. The number of rotatable bonds is 3. The zero-order chi connectivity index (χ0) is 11.9. The third-order valence-electron chi connectivity index (χ3n) is 5.43. The molecular weight excluding hydrogens is 210 g/mol. The molecule has 1 saturated carbocycles. The van der Waals surface area contributed by atoms with Crippen molar-refractivity contribution in [1.29, 1.82) is 0 Å². The smallest absolute Gasteiger partial charge is 0.0464 e. The monoisotopic (exact) mass is 237 g/mol. The molecule has 0 aromatic heterocycles. The van der Waals surface area contributed by atoms with Crippen molar-refractivity contribution in [3.8, 4) is 0 Å². The number of hydrogen-bond acceptors (Lipinski definition) is 3. The van der Waals surface area contributed by atoms with Crippen LogP contribution in [0.15, 0.2) is 0 Å². The Morgan fingerprint density at radius 2 is 2.00 bits per heavy atom. The second-order valence-corrected chi connectivity index (χ2v) is 6.67. The zero-order valence-electron chi connectivity index (χ0n) is 11.1. The van der Waals surface area contributed by atoms with Crippen molar-refractivity contribution in [2.45, 2.75) is 50.6 Å². The molecule has 4 aliphatic rings. The summed E-state index contributed by atoms with van der Waals surface area (Å²) in [5, 5.41) is 3.98. The number of nitrogens with zero attached hydrogens (tertiary/aromatic N) is 1. The van der Waals surface area contributed by atoms with Crippen LogP contribution in [-0.4, -0.2) is 42.7 Å². The molecule has 3 aliphatic heterocycles. The van der Waals surface area contributed by atoms with Crippen LogP contribution in [0.5, 0.6) is 0 Å². The topological polar surface area (TPSA) is 41.3 Å². The van der Waals surface area contributed by atoms with Gasteiger partial charge in [0.05, 0.1) is 0 Å². The molecule has 1 aliphatic carbocycles. The van der Waals surface area contributed by atoms with Gasteiger partial charge >= 0.3 is 0 Å². The molecule has 4 fully saturated rings. The highest BCUT2D eigenvalue weighted by Gasteiger charge is 2.46. The van der Waals surface area contributed by atoms with Crippen LogP contribution in [-0.2, 0) is 0 Å². The van der Waals surface area contributed by atoms with Gasteiger partial charge in [0, 0.05) is 24.7 Å². The molecule has 4 rings (SSSR count). The molecule has 3 heteroatoms. The highest BCUT2D eigenvalue weighted by atomic mass is 15.2. The van der Waals surface area contributed by atoms with Gasteiger partial charge in [-0.3, -0.25) is 0 Å². The maximum atomic E-state index is 6.15. The van der Waals surface area contributed by atoms with Gasteiger partial charge in [0.1, 0.15) is 0 Å². The van der Waals surface area contributed by atoms with E-state index in [2.05, 4.69) is 17.1 Å². The second kappa shape index (κ2) is 4.52. The Bertz CT molecular complexity index is 273. The summed E-state index contributed by atoms with van der Waals surface area (Å²) < 4.78 is 0. The standard InChI is InChI=1S/C14H27N3/c1-11-2-3-13(8-11)16-14(9-15)10-17-6-4-12(14)5-7-17/h11-13,16H,2-10,15H2,1H3. The van der Waals surface area contributed by atoms with Crippen LogP contribution >= 0.6 is 0 Å². The minimum atomic E-state index is 0.241. The van der Waals surface area contributed by atoms with Crippen molar-refractivity contribution in [2.75, 3.05) is 26.2 Å². The SMILES string of the molecule is CC1CCC(NC2(CN)CN3CCC2CC3)C1. The summed E-state index contributed by atoms with van der Waals surface area (Å²) in [5.74, 6) is 1.73. The lowest BCUT2D eigenvalue weighted by atomic mass is 9.72. The first-order valence-electron chi connectivity index (χ1n) is 7.42. The van der Waals surface area contributed by atoms with Gasteiger partial charge in [0.2, 0.25) is 0 Å². The van der Waals surface area contributed by atoms with Gasteiger partial charge in [-0.2, -0.15) is 0 Å². The summed E-state index contributed by atoms with van der Waals surface area (Å²) in [5.41, 5.74) is 6.39. The van der Waals surface area contributed by atoms with Crippen molar-refractivity contribution >= 4 is 0 Å². The Morgan fingerprint density at radius 3 is 2.47 bits per heavy atom. The van der Waals surface area contributed by atoms with E-state index in [0.29, 0.717) is 0 Å². The first-order valence-corrected chi connectivity index (χ1v) is 7.42. The van der Waals surface area contributed by atoms with Gasteiger partial charge in [-0.05, 0) is 57.0 Å². The molecule has 0 amide bonds. The van der Waals surface area contributed by atoms with Gasteiger partial charge in [-0.1, -0.05) is 6.92 Å². The number of hydrogen-bond donors (Lipinski definition) is 2. The molecule has 98 valence electrons. The van der Waals surface area contributed by atoms with Gasteiger partial charge in [0.15, 0.2) is 0 Å². The lowest BCUT2D eigenvalue weighted by Crippen LogP contribution is -2.70. The van der Waals surface area contributed by atoms with E-state index in [1.807, 2.05) is 0 Å². The number of nitrogens with two attached hydrogens (primary N) is 1. The van der Waals surface area contributed by atoms with Crippen LogP contribution in [0.3, 0.4) is 0 Å². The van der Waals surface area contributed by atoms with E-state index >= 15 is 0 Å². The molecule has 3 N–H and O–H groups in total. The Balaban J connectivity index is 1.69. The predicted molar refractivity (Wildman–Crippen MR) is 70.9 cm³/mol. The average Bonchev–Trinajstić information content (AvgIpc) is 2.76. The molecule has 3 unspecified atom stereocenters. The third-order valence-corrected chi connectivity index (χ3v) is 5.43. The fourth-order valence-corrected chi connectivity index (χ4v) is 4.37. The van der Waals surface area contributed by atoms with Crippen molar-refractivity contribution in [3.05, 3.63) is 0 Å². The normalized spacial score (nSPS) is 49.8. The zero-order valence-corrected chi connectivity index (χ0v) is 11.1. The van der Waals surface area contributed by atoms with Crippen LogP contribution < -0.4 is 11.1 Å². The van der Waals surface area contributed by atoms with Gasteiger partial charge in [-0.15, -0.1) is 0 Å². The molecule has 0 aromatic rings. The molecule has 3 heterocycles. The molecule has 0 aromatic carbocycles. The predicted octanol–water partition coefficient (Wildman–Crippen LogP) is 1.19. The summed E-state index contributed by atoms with van der Waals surface area (Å²) in [6.45, 7) is 7.00. The van der Waals surface area contributed by atoms with Crippen LogP contribution in [0.4, 0.5) is 0 Å². The van der Waals surface area contributed by atoms with E-state index in [4.69, 9.17) is 5.73 Å². The lowest BCUT2D eigenvalue weighted by Gasteiger charge is -2.54. The summed E-state index contributed by atoms with van der Waals surface area (Å²) in [6, 6.07) is 0.731. The summed E-state index contributed by atoms with van der Waals surface area (Å²) in [7, 11) is 0. The van der Waals surface area contributed by atoms with Crippen molar-refractivity contribution < 1.29 is 0 Å². The van der Waals surface area contributed by atoms with Crippen LogP contribution in [0.25, 0.3) is 0 Å². The van der Waals surface area contributed by atoms with E-state index < -0.39 is 0 Å². The molecule has 0 radical (unpaired) electrons. The van der Waals surface area contributed by atoms with Crippen molar-refractivity contribution in [1.82, 2.24) is 10.2 Å². The highest BCUT2D eigenvalue weighted by Crippen LogP contribution is 2.37. The van der Waals surface area contributed by atoms with Crippen LogP contribution in [0, 0.1) is 11.8 Å². The first-order chi connectivity index (χ1) is 8.22. The lowest BCUT2D eigenvalue weighted by molar-refractivity contribution is 0.00450. The van der Waals surface area contributed by atoms with E-state index in [1.54, 1.807) is 0 Å². The summed E-state index contributed by atoms with van der Waals surface area (Å²) >= 11 is 0. The molecule has 3 nitrogen and oxygen atoms in total. The highest BCUT2D eigenvalue weighted by molar-refractivity contribution is 5.06. The van der Waals surface area contributed by atoms with E-state index in [1.165, 1.54) is 51.7 Å². The average molecular weight is 237 g/mol. The largest absolute Gasteiger partial charge is 0.329 e. The van der Waals surface area contributed by atoms with E-state index in [9.17, 15) is 0 Å². The van der Waals surface area contributed by atoms with Gasteiger partial charge in [0.25, 0.3) is 0 Å². The maximum absolute atomic E-state index is 6.15. The van der Waals surface area contributed by atoms with Crippen LogP contribution in [0.1, 0.15) is 39.0 Å². The Kier molecular flexibility index (Phi) is 3.18. The van der Waals surface area contributed by atoms with Crippen molar-refractivity contribution in [3.63, 3.8) is 0 Å². The first kappa shape index (κ1) is 11.9. The van der Waals surface area contributed by atoms with E-state index in [-0.39, 0.29) is 5.54 Å². The van der Waals surface area contributed by atoms with Crippen molar-refractivity contribution in [2.24, 2.45) is 17.6 Å². The number of fused-ring (bicyclic) bond motifs is 3. The Hall–Kier alpha value is -0.120. The van der Waals surface area contributed by atoms with Gasteiger partial charge < -0.3 is 16.0 Å². The fourth-order valence-electron chi connectivity index (χ4n) is 4.37. The van der Waals surface area contributed by atoms with Crippen LogP contribution in [0.2, 0.25) is 0 Å². The number of piperidine rings is 3. The van der Waals surface area contributed by atoms with Gasteiger partial charge in [-0.25, -0.2) is 0 Å².